The highest BCUT2D eigenvalue weighted by atomic mass is 28.3. The van der Waals surface area contributed by atoms with Gasteiger partial charge in [0.05, 0.1) is 8.07 Å². The largest absolute Gasteiger partial charge is 0.207 e. The van der Waals surface area contributed by atoms with E-state index in [9.17, 15) is 13.2 Å². The summed E-state index contributed by atoms with van der Waals surface area (Å²) < 4.78 is 39.6. The molecule has 0 radical (unpaired) electrons. The number of hydrogen-bond donors (Lipinski definition) is 0. The van der Waals surface area contributed by atoms with Gasteiger partial charge in [0.2, 0.25) is 0 Å². The van der Waals surface area contributed by atoms with E-state index in [0.717, 1.165) is 12.1 Å². The lowest BCUT2D eigenvalue weighted by atomic mass is 10.1. The molecule has 1 aromatic carbocycles. The Labute approximate surface area is 89.1 Å². The normalized spacial score (nSPS) is 14.1. The molecule has 0 aliphatic rings. The maximum Gasteiger partial charge on any atom is 0.132 e. The van der Waals surface area contributed by atoms with Crippen LogP contribution in [0.1, 0.15) is 18.0 Å². The molecule has 0 heterocycles. The van der Waals surface area contributed by atoms with Crippen LogP contribution in [0.4, 0.5) is 13.2 Å². The van der Waals surface area contributed by atoms with E-state index in [4.69, 9.17) is 0 Å². The number of halogens is 3. The van der Waals surface area contributed by atoms with Gasteiger partial charge < -0.3 is 0 Å². The molecule has 1 atom stereocenters. The zero-order valence-electron chi connectivity index (χ0n) is 9.37. The van der Waals surface area contributed by atoms with Crippen LogP contribution in [0.15, 0.2) is 12.1 Å². The Kier molecular flexibility index (Phi) is 3.28. The van der Waals surface area contributed by atoms with Crippen LogP contribution in [-0.2, 0) is 0 Å². The monoisotopic (exact) mass is 232 g/mol. The third-order valence-electron chi connectivity index (χ3n) is 2.78. The molecule has 0 N–H and O–H groups in total. The molecule has 0 aliphatic heterocycles. The minimum absolute atomic E-state index is 0.0237. The van der Waals surface area contributed by atoms with Crippen molar-refractivity contribution in [1.29, 1.82) is 0 Å². The van der Waals surface area contributed by atoms with E-state index in [1.54, 1.807) is 6.92 Å². The Hall–Kier alpha value is -0.773. The fourth-order valence-electron chi connectivity index (χ4n) is 1.40. The zero-order valence-corrected chi connectivity index (χ0v) is 10.4. The molecule has 0 spiro atoms. The summed E-state index contributed by atoms with van der Waals surface area (Å²) in [6.07, 6.45) is 0. The Morgan fingerprint density at radius 2 is 1.40 bits per heavy atom. The Balaban J connectivity index is 3.26. The lowest BCUT2D eigenvalue weighted by molar-refractivity contribution is 0.522. The SMILES string of the molecule is CC(c1c(F)cc(F)cc1F)[Si](C)(C)C. The van der Waals surface area contributed by atoms with Gasteiger partial charge in [0.25, 0.3) is 0 Å². The molecule has 0 aliphatic carbocycles. The molecule has 0 saturated heterocycles. The average molecular weight is 232 g/mol. The first kappa shape index (κ1) is 12.3. The van der Waals surface area contributed by atoms with E-state index >= 15 is 0 Å². The highest BCUT2D eigenvalue weighted by Gasteiger charge is 2.29. The second-order valence-electron chi connectivity index (χ2n) is 4.87. The minimum atomic E-state index is -1.68. The van der Waals surface area contributed by atoms with Crippen molar-refractivity contribution in [2.45, 2.75) is 32.1 Å². The first-order valence-electron chi connectivity index (χ1n) is 4.88. The second kappa shape index (κ2) is 4.00. The van der Waals surface area contributed by atoms with E-state index in [2.05, 4.69) is 0 Å². The van der Waals surface area contributed by atoms with Gasteiger partial charge in [-0.05, 0) is 5.54 Å². The van der Waals surface area contributed by atoms with Crippen molar-refractivity contribution < 1.29 is 13.2 Å². The van der Waals surface area contributed by atoms with Crippen LogP contribution >= 0.6 is 0 Å². The molecule has 84 valence electrons. The minimum Gasteiger partial charge on any atom is -0.207 e. The van der Waals surface area contributed by atoms with Gasteiger partial charge >= 0.3 is 0 Å². The van der Waals surface area contributed by atoms with Crippen LogP contribution in [0.5, 0.6) is 0 Å². The maximum atomic E-state index is 13.4. The van der Waals surface area contributed by atoms with Gasteiger partial charge in [0, 0.05) is 17.7 Å². The van der Waals surface area contributed by atoms with Gasteiger partial charge in [0.15, 0.2) is 0 Å². The molecule has 0 amide bonds. The topological polar surface area (TPSA) is 0 Å². The van der Waals surface area contributed by atoms with Gasteiger partial charge in [-0.25, -0.2) is 13.2 Å². The first-order chi connectivity index (χ1) is 6.73. The van der Waals surface area contributed by atoms with E-state index in [1.807, 2.05) is 19.6 Å². The summed E-state index contributed by atoms with van der Waals surface area (Å²) in [4.78, 5) is 0. The predicted octanol–water partition coefficient (Wildman–Crippen LogP) is 4.08. The van der Waals surface area contributed by atoms with E-state index in [1.165, 1.54) is 0 Å². The first-order valence-corrected chi connectivity index (χ1v) is 8.45. The lowest BCUT2D eigenvalue weighted by Crippen LogP contribution is -2.30. The molecule has 0 nitrogen and oxygen atoms in total. The van der Waals surface area contributed by atoms with Crippen molar-refractivity contribution in [3.63, 3.8) is 0 Å². The molecule has 0 bridgehead atoms. The number of benzene rings is 1. The predicted molar refractivity (Wildman–Crippen MR) is 58.1 cm³/mol. The number of rotatable bonds is 2. The summed E-state index contributed by atoms with van der Waals surface area (Å²) in [7, 11) is -1.68. The molecular weight excluding hydrogens is 217 g/mol. The lowest BCUT2D eigenvalue weighted by Gasteiger charge is -2.26. The van der Waals surface area contributed by atoms with Gasteiger partial charge in [-0.1, -0.05) is 26.6 Å². The van der Waals surface area contributed by atoms with Gasteiger partial charge in [0.1, 0.15) is 17.5 Å². The molecule has 1 aromatic rings. The van der Waals surface area contributed by atoms with E-state index < -0.39 is 25.5 Å². The van der Waals surface area contributed by atoms with Crippen LogP contribution in [0, 0.1) is 17.5 Å². The Bertz CT molecular complexity index is 346. The second-order valence-corrected chi connectivity index (χ2v) is 10.5. The van der Waals surface area contributed by atoms with Crippen LogP contribution in [0.2, 0.25) is 19.6 Å². The molecule has 1 rings (SSSR count). The summed E-state index contributed by atoms with van der Waals surface area (Å²) in [5.41, 5.74) is -0.145. The fraction of sp³-hybridized carbons (Fsp3) is 0.455. The van der Waals surface area contributed by atoms with Crippen LogP contribution in [0.25, 0.3) is 0 Å². The molecule has 1 unspecified atom stereocenters. The summed E-state index contributed by atoms with van der Waals surface area (Å²) in [5.74, 6) is -2.42. The Morgan fingerprint density at radius 1 is 1.00 bits per heavy atom. The van der Waals surface area contributed by atoms with Crippen molar-refractivity contribution in [2.24, 2.45) is 0 Å². The smallest absolute Gasteiger partial charge is 0.132 e. The summed E-state index contributed by atoms with van der Waals surface area (Å²) in [6, 6.07) is 1.49. The highest BCUT2D eigenvalue weighted by molar-refractivity contribution is 6.77. The van der Waals surface area contributed by atoms with Gasteiger partial charge in [-0.2, -0.15) is 0 Å². The molecule has 0 aromatic heterocycles. The third-order valence-corrected chi connectivity index (χ3v) is 5.66. The zero-order chi connectivity index (χ0) is 11.8. The van der Waals surface area contributed by atoms with E-state index in [-0.39, 0.29) is 11.1 Å². The summed E-state index contributed by atoms with van der Waals surface area (Å²) >= 11 is 0. The highest BCUT2D eigenvalue weighted by Crippen LogP contribution is 2.30. The van der Waals surface area contributed by atoms with E-state index in [0.29, 0.717) is 0 Å². The van der Waals surface area contributed by atoms with Crippen molar-refractivity contribution in [2.75, 3.05) is 0 Å². The summed E-state index contributed by atoms with van der Waals surface area (Å²) in [5, 5.41) is 0. The maximum absolute atomic E-state index is 13.4. The molecule has 0 fully saturated rings. The van der Waals surface area contributed by atoms with Gasteiger partial charge in [-0.3, -0.25) is 0 Å². The van der Waals surface area contributed by atoms with Crippen LogP contribution in [-0.4, -0.2) is 8.07 Å². The van der Waals surface area contributed by atoms with Crippen molar-refractivity contribution in [1.82, 2.24) is 0 Å². The fourth-order valence-corrected chi connectivity index (χ4v) is 2.54. The molecular formula is C11H15F3Si. The van der Waals surface area contributed by atoms with Crippen LogP contribution in [0.3, 0.4) is 0 Å². The Morgan fingerprint density at radius 3 is 1.73 bits per heavy atom. The quantitative estimate of drug-likeness (QED) is 0.674. The molecule has 0 saturated carbocycles. The van der Waals surface area contributed by atoms with Crippen molar-refractivity contribution >= 4 is 8.07 Å². The third kappa shape index (κ3) is 2.62. The van der Waals surface area contributed by atoms with Crippen molar-refractivity contribution in [3.8, 4) is 0 Å². The van der Waals surface area contributed by atoms with Crippen LogP contribution < -0.4 is 0 Å². The molecule has 4 heteroatoms. The average Bonchev–Trinajstić information content (AvgIpc) is 1.99. The summed E-state index contributed by atoms with van der Waals surface area (Å²) in [6.45, 7) is 7.88. The van der Waals surface area contributed by atoms with Gasteiger partial charge in [-0.15, -0.1) is 0 Å². The standard InChI is InChI=1S/C11H15F3Si/c1-7(15(2,3)4)11-9(13)5-8(12)6-10(11)14/h5-7H,1-4H3. The molecule has 15 heavy (non-hydrogen) atoms. The van der Waals surface area contributed by atoms with Crippen molar-refractivity contribution in [3.05, 3.63) is 35.1 Å². The number of hydrogen-bond acceptors (Lipinski definition) is 0.